The minimum absolute atomic E-state index is 0.582. The molecule has 1 unspecified atom stereocenters. The Balaban J connectivity index is 1.99. The van der Waals surface area contributed by atoms with Crippen LogP contribution >= 0.6 is 11.3 Å². The van der Waals surface area contributed by atoms with E-state index in [-0.39, 0.29) is 0 Å². The SMILES string of the molecule is CNC(Cc1cccs1)C1(C)CC1. The van der Waals surface area contributed by atoms with Crippen molar-refractivity contribution in [1.82, 2.24) is 5.32 Å². The Labute approximate surface area is 84.2 Å². The first kappa shape index (κ1) is 9.22. The quantitative estimate of drug-likeness (QED) is 0.779. The van der Waals surface area contributed by atoms with Crippen LogP contribution in [0, 0.1) is 5.41 Å². The van der Waals surface area contributed by atoms with Crippen molar-refractivity contribution in [2.45, 2.75) is 32.2 Å². The molecule has 2 heteroatoms. The molecular formula is C11H17NS. The smallest absolute Gasteiger partial charge is 0.0166 e. The van der Waals surface area contributed by atoms with Crippen molar-refractivity contribution in [3.63, 3.8) is 0 Å². The maximum Gasteiger partial charge on any atom is 0.0166 e. The van der Waals surface area contributed by atoms with Gasteiger partial charge in [0.25, 0.3) is 0 Å². The van der Waals surface area contributed by atoms with Crippen molar-refractivity contribution in [2.75, 3.05) is 7.05 Å². The minimum atomic E-state index is 0.582. The number of likely N-dealkylation sites (N-methyl/N-ethyl adjacent to an activating group) is 1. The van der Waals surface area contributed by atoms with Gasteiger partial charge in [0.05, 0.1) is 0 Å². The van der Waals surface area contributed by atoms with E-state index in [0.717, 1.165) is 0 Å². The molecule has 1 aliphatic rings. The van der Waals surface area contributed by atoms with Crippen molar-refractivity contribution in [3.05, 3.63) is 22.4 Å². The first-order chi connectivity index (χ1) is 6.24. The van der Waals surface area contributed by atoms with Crippen molar-refractivity contribution >= 4 is 11.3 Å². The fourth-order valence-corrected chi connectivity index (χ4v) is 2.62. The fourth-order valence-electron chi connectivity index (χ4n) is 1.87. The Morgan fingerprint density at radius 1 is 1.62 bits per heavy atom. The Bertz CT molecular complexity index is 262. The fraction of sp³-hybridized carbons (Fsp3) is 0.636. The van der Waals surface area contributed by atoms with E-state index in [1.807, 2.05) is 11.3 Å². The number of hydrogen-bond acceptors (Lipinski definition) is 2. The van der Waals surface area contributed by atoms with Crippen molar-refractivity contribution in [3.8, 4) is 0 Å². The molecule has 1 atom stereocenters. The highest BCUT2D eigenvalue weighted by atomic mass is 32.1. The third-order valence-corrected chi connectivity index (χ3v) is 4.11. The highest BCUT2D eigenvalue weighted by Crippen LogP contribution is 2.48. The molecule has 1 N–H and O–H groups in total. The predicted molar refractivity (Wildman–Crippen MR) is 58.2 cm³/mol. The molecular weight excluding hydrogens is 178 g/mol. The molecule has 0 saturated heterocycles. The molecule has 1 aromatic rings. The summed E-state index contributed by atoms with van der Waals surface area (Å²) in [4.78, 5) is 1.51. The Morgan fingerprint density at radius 3 is 2.85 bits per heavy atom. The largest absolute Gasteiger partial charge is 0.316 e. The number of hydrogen-bond donors (Lipinski definition) is 1. The molecule has 13 heavy (non-hydrogen) atoms. The lowest BCUT2D eigenvalue weighted by molar-refractivity contribution is 0.378. The minimum Gasteiger partial charge on any atom is -0.316 e. The molecule has 0 radical (unpaired) electrons. The zero-order valence-corrected chi connectivity index (χ0v) is 9.16. The zero-order chi connectivity index (χ0) is 9.31. The molecule has 1 aromatic heterocycles. The van der Waals surface area contributed by atoms with Gasteiger partial charge in [-0.2, -0.15) is 0 Å². The molecule has 72 valence electrons. The summed E-state index contributed by atoms with van der Waals surface area (Å²) in [7, 11) is 2.09. The Morgan fingerprint density at radius 2 is 2.38 bits per heavy atom. The summed E-state index contributed by atoms with van der Waals surface area (Å²) in [6.45, 7) is 2.39. The van der Waals surface area contributed by atoms with Gasteiger partial charge in [0.2, 0.25) is 0 Å². The lowest BCUT2D eigenvalue weighted by Gasteiger charge is -2.22. The molecule has 0 aliphatic heterocycles. The van der Waals surface area contributed by atoms with Crippen molar-refractivity contribution in [1.29, 1.82) is 0 Å². The van der Waals surface area contributed by atoms with Crippen LogP contribution in [0.3, 0.4) is 0 Å². The topological polar surface area (TPSA) is 12.0 Å². The van der Waals surface area contributed by atoms with Gasteiger partial charge in [-0.15, -0.1) is 11.3 Å². The average molecular weight is 195 g/mol. The van der Waals surface area contributed by atoms with Crippen LogP contribution in [-0.4, -0.2) is 13.1 Å². The molecule has 0 amide bonds. The summed E-state index contributed by atoms with van der Waals surface area (Å²) in [6.07, 6.45) is 3.98. The average Bonchev–Trinajstić information content (AvgIpc) is 2.70. The molecule has 2 rings (SSSR count). The van der Waals surface area contributed by atoms with Crippen LogP contribution in [0.4, 0.5) is 0 Å². The molecule has 1 fully saturated rings. The van der Waals surface area contributed by atoms with Gasteiger partial charge in [-0.05, 0) is 43.2 Å². The summed E-state index contributed by atoms with van der Waals surface area (Å²) < 4.78 is 0. The van der Waals surface area contributed by atoms with Gasteiger partial charge in [-0.1, -0.05) is 13.0 Å². The highest BCUT2D eigenvalue weighted by molar-refractivity contribution is 7.09. The number of rotatable bonds is 4. The van der Waals surface area contributed by atoms with E-state index in [1.54, 1.807) is 0 Å². The van der Waals surface area contributed by atoms with Gasteiger partial charge in [-0.3, -0.25) is 0 Å². The number of thiophene rings is 1. The Hall–Kier alpha value is -0.340. The maximum atomic E-state index is 3.45. The van der Waals surface area contributed by atoms with Crippen LogP contribution < -0.4 is 5.32 Å². The standard InChI is InChI=1S/C11H17NS/c1-11(5-6-11)10(12-2)8-9-4-3-7-13-9/h3-4,7,10,12H,5-6,8H2,1-2H3. The van der Waals surface area contributed by atoms with E-state index in [9.17, 15) is 0 Å². The van der Waals surface area contributed by atoms with E-state index < -0.39 is 0 Å². The summed E-state index contributed by atoms with van der Waals surface area (Å²) in [6, 6.07) is 5.05. The van der Waals surface area contributed by atoms with E-state index in [4.69, 9.17) is 0 Å². The second-order valence-corrected chi connectivity index (χ2v) is 5.31. The molecule has 1 aliphatic carbocycles. The first-order valence-electron chi connectivity index (χ1n) is 4.94. The monoisotopic (exact) mass is 195 g/mol. The summed E-state index contributed by atoms with van der Waals surface area (Å²) in [5.74, 6) is 0. The van der Waals surface area contributed by atoms with Gasteiger partial charge in [0.1, 0.15) is 0 Å². The zero-order valence-electron chi connectivity index (χ0n) is 8.34. The van der Waals surface area contributed by atoms with Gasteiger partial charge < -0.3 is 5.32 Å². The third kappa shape index (κ3) is 1.94. The second-order valence-electron chi connectivity index (χ2n) is 4.28. The molecule has 1 heterocycles. The van der Waals surface area contributed by atoms with Gasteiger partial charge in [0, 0.05) is 10.9 Å². The van der Waals surface area contributed by atoms with E-state index in [1.165, 1.54) is 24.1 Å². The van der Waals surface area contributed by atoms with Crippen LogP contribution in [0.15, 0.2) is 17.5 Å². The Kier molecular flexibility index (Phi) is 2.43. The molecule has 1 saturated carbocycles. The van der Waals surface area contributed by atoms with Crippen LogP contribution in [0.1, 0.15) is 24.6 Å². The van der Waals surface area contributed by atoms with Crippen molar-refractivity contribution < 1.29 is 0 Å². The van der Waals surface area contributed by atoms with Crippen LogP contribution in [0.25, 0.3) is 0 Å². The van der Waals surface area contributed by atoms with Gasteiger partial charge in [-0.25, -0.2) is 0 Å². The van der Waals surface area contributed by atoms with Gasteiger partial charge in [0.15, 0.2) is 0 Å². The van der Waals surface area contributed by atoms with Gasteiger partial charge >= 0.3 is 0 Å². The van der Waals surface area contributed by atoms with Crippen LogP contribution in [-0.2, 0) is 6.42 Å². The molecule has 0 aromatic carbocycles. The summed E-state index contributed by atoms with van der Waals surface area (Å²) >= 11 is 1.87. The van der Waals surface area contributed by atoms with E-state index in [2.05, 4.69) is 36.8 Å². The molecule has 0 bridgehead atoms. The predicted octanol–water partition coefficient (Wildman–Crippen LogP) is 2.68. The summed E-state index contributed by atoms with van der Waals surface area (Å²) in [5.41, 5.74) is 0.582. The van der Waals surface area contributed by atoms with Crippen LogP contribution in [0.5, 0.6) is 0 Å². The van der Waals surface area contributed by atoms with E-state index >= 15 is 0 Å². The molecule has 0 spiro atoms. The lowest BCUT2D eigenvalue weighted by atomic mass is 9.95. The van der Waals surface area contributed by atoms with Crippen LogP contribution in [0.2, 0.25) is 0 Å². The third-order valence-electron chi connectivity index (χ3n) is 3.21. The summed E-state index contributed by atoms with van der Waals surface area (Å²) in [5, 5.41) is 5.61. The maximum absolute atomic E-state index is 3.45. The van der Waals surface area contributed by atoms with Crippen molar-refractivity contribution in [2.24, 2.45) is 5.41 Å². The lowest BCUT2D eigenvalue weighted by Crippen LogP contribution is -2.35. The first-order valence-corrected chi connectivity index (χ1v) is 5.82. The van der Waals surface area contributed by atoms with E-state index in [0.29, 0.717) is 11.5 Å². The second kappa shape index (κ2) is 3.43. The normalized spacial score (nSPS) is 21.4. The number of nitrogens with one attached hydrogen (secondary N) is 1. The highest BCUT2D eigenvalue weighted by Gasteiger charge is 2.43. The molecule has 1 nitrogen and oxygen atoms in total.